The summed E-state index contributed by atoms with van der Waals surface area (Å²) in [5, 5.41) is 0.721. The minimum absolute atomic E-state index is 0.285. The van der Waals surface area contributed by atoms with Crippen molar-refractivity contribution in [3.05, 3.63) is 0 Å². The molecule has 16 heavy (non-hydrogen) atoms. The zero-order valence-electron chi connectivity index (χ0n) is 10.6. The predicted octanol–water partition coefficient (Wildman–Crippen LogP) is -0.107. The van der Waals surface area contributed by atoms with Crippen LogP contribution in [0.3, 0.4) is 0 Å². The van der Waals surface area contributed by atoms with Crippen molar-refractivity contribution in [2.24, 2.45) is 0 Å². The normalized spacial score (nSPS) is 9.31. The Balaban J connectivity index is 4.71. The lowest BCUT2D eigenvalue weighted by Crippen LogP contribution is -2.41. The van der Waals surface area contributed by atoms with Crippen LogP contribution in [0.1, 0.15) is 19.8 Å². The molecule has 92 valence electrons. The maximum absolute atomic E-state index is 11.5. The highest BCUT2D eigenvalue weighted by Gasteiger charge is 2.22. The van der Waals surface area contributed by atoms with Crippen molar-refractivity contribution in [2.45, 2.75) is 19.8 Å². The molecule has 0 bridgehead atoms. The maximum atomic E-state index is 11.5. The molecule has 0 spiro atoms. The standard InChI is InChI=1S/C10H20N3O3/c1-6-7-9(15)13(8-14)16-10(11(2)3)12(4)5/h8H,6-7H2,1-5H3/q+1. The Morgan fingerprint density at radius 1 is 1.38 bits per heavy atom. The van der Waals surface area contributed by atoms with Gasteiger partial charge in [0.1, 0.15) is 0 Å². The molecule has 0 saturated carbocycles. The van der Waals surface area contributed by atoms with Crippen molar-refractivity contribution in [3.8, 4) is 0 Å². The number of hydrogen-bond donors (Lipinski definition) is 0. The third kappa shape index (κ3) is 4.29. The fraction of sp³-hybridized carbons (Fsp3) is 0.700. The van der Waals surface area contributed by atoms with E-state index < -0.39 is 0 Å². The highest BCUT2D eigenvalue weighted by Crippen LogP contribution is 1.98. The van der Waals surface area contributed by atoms with Crippen LogP contribution in [0, 0.1) is 0 Å². The van der Waals surface area contributed by atoms with Gasteiger partial charge in [-0.25, -0.2) is 9.48 Å². The molecule has 6 nitrogen and oxygen atoms in total. The van der Waals surface area contributed by atoms with Gasteiger partial charge in [-0.15, -0.1) is 5.06 Å². The Morgan fingerprint density at radius 3 is 2.25 bits per heavy atom. The number of hydrogen-bond acceptors (Lipinski definition) is 3. The molecule has 0 aliphatic rings. The second-order valence-electron chi connectivity index (χ2n) is 3.74. The Morgan fingerprint density at radius 2 is 1.94 bits per heavy atom. The zero-order valence-corrected chi connectivity index (χ0v) is 10.6. The van der Waals surface area contributed by atoms with Crippen LogP contribution in [0.5, 0.6) is 0 Å². The van der Waals surface area contributed by atoms with Crippen LogP contribution in [0.25, 0.3) is 0 Å². The summed E-state index contributed by atoms with van der Waals surface area (Å²) in [4.78, 5) is 29.1. The molecular weight excluding hydrogens is 210 g/mol. The van der Waals surface area contributed by atoms with Crippen molar-refractivity contribution in [3.63, 3.8) is 0 Å². The number of hydroxylamine groups is 2. The monoisotopic (exact) mass is 230 g/mol. The molecule has 2 amide bonds. The molecule has 0 saturated heterocycles. The van der Waals surface area contributed by atoms with E-state index in [1.807, 2.05) is 6.92 Å². The molecule has 0 atom stereocenters. The smallest absolute Gasteiger partial charge is 0.292 e. The lowest BCUT2D eigenvalue weighted by molar-refractivity contribution is -0.484. The number of amides is 2. The number of amidine groups is 1. The molecular formula is C10H20N3O3+. The first kappa shape index (κ1) is 14.4. The molecule has 0 unspecified atom stereocenters. The Hall–Kier alpha value is -1.59. The third-order valence-corrected chi connectivity index (χ3v) is 1.75. The molecule has 0 aromatic rings. The summed E-state index contributed by atoms with van der Waals surface area (Å²) >= 11 is 0. The van der Waals surface area contributed by atoms with Crippen LogP contribution in [0.2, 0.25) is 0 Å². The van der Waals surface area contributed by atoms with Crippen molar-refractivity contribution < 1.29 is 19.0 Å². The van der Waals surface area contributed by atoms with Gasteiger partial charge in [-0.1, -0.05) is 6.92 Å². The molecule has 0 radical (unpaired) electrons. The third-order valence-electron chi connectivity index (χ3n) is 1.75. The van der Waals surface area contributed by atoms with Crippen LogP contribution < -0.4 is 0 Å². The number of nitrogens with zero attached hydrogens (tertiary/aromatic N) is 3. The minimum atomic E-state index is -0.348. The lowest BCUT2D eigenvalue weighted by Gasteiger charge is -2.17. The van der Waals surface area contributed by atoms with E-state index in [1.54, 1.807) is 37.7 Å². The summed E-state index contributed by atoms with van der Waals surface area (Å²) < 4.78 is 1.68. The minimum Gasteiger partial charge on any atom is -0.292 e. The van der Waals surface area contributed by atoms with E-state index in [0.717, 1.165) is 5.06 Å². The van der Waals surface area contributed by atoms with E-state index in [0.29, 0.717) is 18.9 Å². The van der Waals surface area contributed by atoms with Crippen molar-refractivity contribution >= 4 is 18.3 Å². The molecule has 6 heteroatoms. The molecule has 0 aliphatic heterocycles. The van der Waals surface area contributed by atoms with Gasteiger partial charge < -0.3 is 0 Å². The first-order valence-electron chi connectivity index (χ1n) is 5.11. The van der Waals surface area contributed by atoms with Gasteiger partial charge in [-0.3, -0.25) is 14.4 Å². The molecule has 0 N–H and O–H groups in total. The van der Waals surface area contributed by atoms with Gasteiger partial charge in [0.25, 0.3) is 12.3 Å². The van der Waals surface area contributed by atoms with E-state index >= 15 is 0 Å². The van der Waals surface area contributed by atoms with Crippen LogP contribution in [0.15, 0.2) is 0 Å². The highest BCUT2D eigenvalue weighted by molar-refractivity contribution is 5.86. The molecule has 0 rings (SSSR count). The first-order valence-corrected chi connectivity index (χ1v) is 5.11. The van der Waals surface area contributed by atoms with Crippen LogP contribution in [0.4, 0.5) is 0 Å². The molecule has 0 heterocycles. The largest absolute Gasteiger partial charge is 0.470 e. The molecule has 0 aromatic carbocycles. The van der Waals surface area contributed by atoms with Gasteiger partial charge in [-0.05, 0) is 6.42 Å². The van der Waals surface area contributed by atoms with E-state index in [2.05, 4.69) is 0 Å². The summed E-state index contributed by atoms with van der Waals surface area (Å²) in [7, 11) is 7.07. The number of carbonyl (C=O) groups excluding carboxylic acids is 2. The average Bonchev–Trinajstić information content (AvgIpc) is 2.18. The lowest BCUT2D eigenvalue weighted by atomic mass is 10.3. The second-order valence-corrected chi connectivity index (χ2v) is 3.74. The van der Waals surface area contributed by atoms with E-state index in [1.165, 1.54) is 0 Å². The van der Waals surface area contributed by atoms with Crippen LogP contribution >= 0.6 is 0 Å². The number of imide groups is 1. The number of carbonyl (C=O) groups is 2. The van der Waals surface area contributed by atoms with Crippen molar-refractivity contribution in [1.82, 2.24) is 9.96 Å². The Kier molecular flexibility index (Phi) is 6.14. The van der Waals surface area contributed by atoms with Gasteiger partial charge in [-0.2, -0.15) is 0 Å². The number of rotatable bonds is 3. The van der Waals surface area contributed by atoms with E-state index in [-0.39, 0.29) is 12.3 Å². The van der Waals surface area contributed by atoms with Crippen molar-refractivity contribution in [1.29, 1.82) is 0 Å². The SMILES string of the molecule is CCCC(=O)N(C=O)OC(N(C)C)=[N+](C)C. The quantitative estimate of drug-likeness (QED) is 0.223. The fourth-order valence-corrected chi connectivity index (χ4v) is 1.11. The van der Waals surface area contributed by atoms with Gasteiger partial charge in [0.05, 0.1) is 28.2 Å². The summed E-state index contributed by atoms with van der Waals surface area (Å²) in [6.07, 6.45) is 1.34. The summed E-state index contributed by atoms with van der Waals surface area (Å²) in [5.41, 5.74) is 0. The van der Waals surface area contributed by atoms with Gasteiger partial charge in [0, 0.05) is 6.42 Å². The summed E-state index contributed by atoms with van der Waals surface area (Å²) in [6.45, 7) is 1.86. The topological polar surface area (TPSA) is 52.9 Å². The highest BCUT2D eigenvalue weighted by atomic mass is 16.7. The van der Waals surface area contributed by atoms with E-state index in [4.69, 9.17) is 4.84 Å². The first-order chi connectivity index (χ1) is 7.43. The van der Waals surface area contributed by atoms with Gasteiger partial charge in [0.15, 0.2) is 0 Å². The Labute approximate surface area is 96.0 Å². The summed E-state index contributed by atoms with van der Waals surface area (Å²) in [6, 6.07) is 0.413. The van der Waals surface area contributed by atoms with Crippen molar-refractivity contribution in [2.75, 3.05) is 28.2 Å². The zero-order chi connectivity index (χ0) is 12.7. The molecule has 0 aliphatic carbocycles. The second kappa shape index (κ2) is 6.81. The summed E-state index contributed by atoms with van der Waals surface area (Å²) in [5.74, 6) is -0.348. The van der Waals surface area contributed by atoms with Gasteiger partial charge in [0.2, 0.25) is 0 Å². The fourth-order valence-electron chi connectivity index (χ4n) is 1.11. The maximum Gasteiger partial charge on any atom is 0.470 e. The van der Waals surface area contributed by atoms with Crippen LogP contribution in [-0.4, -0.2) is 61.1 Å². The van der Waals surface area contributed by atoms with Crippen LogP contribution in [-0.2, 0) is 14.4 Å². The predicted molar refractivity (Wildman–Crippen MR) is 59.7 cm³/mol. The average molecular weight is 230 g/mol. The Bertz CT molecular complexity index is 283. The molecule has 0 fully saturated rings. The van der Waals surface area contributed by atoms with E-state index in [9.17, 15) is 9.59 Å². The molecule has 0 aromatic heterocycles. The van der Waals surface area contributed by atoms with Gasteiger partial charge >= 0.3 is 6.02 Å².